The Bertz CT molecular complexity index is 825. The molecule has 0 radical (unpaired) electrons. The van der Waals surface area contributed by atoms with E-state index < -0.39 is 11.8 Å². The summed E-state index contributed by atoms with van der Waals surface area (Å²) in [7, 11) is 0. The van der Waals surface area contributed by atoms with Crippen molar-refractivity contribution in [3.63, 3.8) is 0 Å². The van der Waals surface area contributed by atoms with Crippen molar-refractivity contribution in [1.29, 1.82) is 0 Å². The second kappa shape index (κ2) is 8.08. The minimum Gasteiger partial charge on any atom is -0.508 e. The number of rotatable bonds is 4. The molecule has 0 spiro atoms. The molecule has 0 saturated heterocycles. The first-order chi connectivity index (χ1) is 13.3. The second-order valence-electron chi connectivity index (χ2n) is 6.85. The van der Waals surface area contributed by atoms with E-state index in [2.05, 4.69) is 10.6 Å². The molecule has 2 aromatic rings. The lowest BCUT2D eigenvalue weighted by atomic mass is 9.89. The Balaban J connectivity index is 1.73. The van der Waals surface area contributed by atoms with Crippen molar-refractivity contribution in [1.82, 2.24) is 10.6 Å². The highest BCUT2D eigenvalue weighted by Gasteiger charge is 2.29. The highest BCUT2D eigenvalue weighted by atomic mass is 16.3. The number of carbonyl (C=O) groups excluding carboxylic acids is 2. The first kappa shape index (κ1) is 19.3. The summed E-state index contributed by atoms with van der Waals surface area (Å²) in [5.74, 6) is -1.90. The normalized spacial score (nSPS) is 19.0. The maximum Gasteiger partial charge on any atom is 0.255 e. The van der Waals surface area contributed by atoms with Crippen LogP contribution in [0.25, 0.3) is 0 Å². The van der Waals surface area contributed by atoms with E-state index in [1.165, 1.54) is 36.4 Å². The summed E-state index contributed by atoms with van der Waals surface area (Å²) in [4.78, 5) is 25.0. The number of carbonyl (C=O) groups is 2. The first-order valence-corrected chi connectivity index (χ1v) is 9.01. The van der Waals surface area contributed by atoms with Crippen LogP contribution in [0.1, 0.15) is 46.4 Å². The van der Waals surface area contributed by atoms with Crippen LogP contribution in [0.4, 0.5) is 0 Å². The van der Waals surface area contributed by atoms with E-state index in [1.54, 1.807) is 0 Å². The summed E-state index contributed by atoms with van der Waals surface area (Å²) < 4.78 is 0. The molecule has 0 heterocycles. The highest BCUT2D eigenvalue weighted by molar-refractivity contribution is 5.98. The van der Waals surface area contributed by atoms with Gasteiger partial charge in [-0.05, 0) is 49.2 Å². The highest BCUT2D eigenvalue weighted by Crippen LogP contribution is 2.26. The van der Waals surface area contributed by atoms with Gasteiger partial charge in [0.2, 0.25) is 0 Å². The second-order valence-corrected chi connectivity index (χ2v) is 6.85. The zero-order valence-corrected chi connectivity index (χ0v) is 15.1. The molecule has 3 rings (SSSR count). The number of phenols is 4. The van der Waals surface area contributed by atoms with Crippen LogP contribution < -0.4 is 10.6 Å². The van der Waals surface area contributed by atoms with Crippen molar-refractivity contribution in [3.05, 3.63) is 47.5 Å². The summed E-state index contributed by atoms with van der Waals surface area (Å²) in [6, 6.07) is 6.59. The van der Waals surface area contributed by atoms with Crippen molar-refractivity contribution in [2.75, 3.05) is 0 Å². The fraction of sp³-hybridized carbons (Fsp3) is 0.300. The molecule has 1 saturated carbocycles. The molecule has 6 N–H and O–H groups in total. The molecule has 1 aliphatic carbocycles. The summed E-state index contributed by atoms with van der Waals surface area (Å²) >= 11 is 0. The number of hydrogen-bond donors (Lipinski definition) is 6. The fourth-order valence-electron chi connectivity index (χ4n) is 3.38. The number of benzene rings is 2. The lowest BCUT2D eigenvalue weighted by Crippen LogP contribution is -2.53. The molecule has 8 heteroatoms. The van der Waals surface area contributed by atoms with Gasteiger partial charge < -0.3 is 31.1 Å². The third-order valence-corrected chi connectivity index (χ3v) is 4.85. The number of aromatic hydroxyl groups is 4. The van der Waals surface area contributed by atoms with Gasteiger partial charge in [-0.2, -0.15) is 0 Å². The van der Waals surface area contributed by atoms with Crippen LogP contribution in [0.3, 0.4) is 0 Å². The average molecular weight is 386 g/mol. The van der Waals surface area contributed by atoms with E-state index in [0.717, 1.165) is 12.8 Å². The Labute approximate surface area is 161 Å². The lowest BCUT2D eigenvalue weighted by molar-refractivity contribution is 0.0859. The molecule has 2 atom stereocenters. The van der Waals surface area contributed by atoms with Gasteiger partial charge in [-0.3, -0.25) is 9.59 Å². The zero-order chi connectivity index (χ0) is 20.3. The Hall–Kier alpha value is -3.42. The molecule has 0 bridgehead atoms. The van der Waals surface area contributed by atoms with Gasteiger partial charge in [0, 0.05) is 12.1 Å². The summed E-state index contributed by atoms with van der Waals surface area (Å²) in [6.07, 6.45) is 2.98. The molecule has 1 aliphatic rings. The largest absolute Gasteiger partial charge is 0.508 e. The molecule has 2 amide bonds. The van der Waals surface area contributed by atoms with Gasteiger partial charge in [-0.15, -0.1) is 0 Å². The predicted octanol–water partition coefficient (Wildman–Crippen LogP) is 1.98. The molecule has 0 aliphatic heterocycles. The minimum absolute atomic E-state index is 0.0544. The van der Waals surface area contributed by atoms with Gasteiger partial charge >= 0.3 is 0 Å². The van der Waals surface area contributed by atoms with Crippen LogP contribution in [0.5, 0.6) is 23.0 Å². The van der Waals surface area contributed by atoms with Gasteiger partial charge in [0.25, 0.3) is 11.8 Å². The molecule has 0 aromatic heterocycles. The van der Waals surface area contributed by atoms with Crippen LogP contribution >= 0.6 is 0 Å². The average Bonchev–Trinajstić information content (AvgIpc) is 2.67. The maximum atomic E-state index is 12.5. The van der Waals surface area contributed by atoms with Crippen LogP contribution in [-0.2, 0) is 0 Å². The zero-order valence-electron chi connectivity index (χ0n) is 15.1. The molecule has 1 fully saturated rings. The summed E-state index contributed by atoms with van der Waals surface area (Å²) in [6.45, 7) is 0. The smallest absolute Gasteiger partial charge is 0.255 e. The number of amides is 2. The number of phenolic OH excluding ortho intramolecular Hbond substituents is 4. The third kappa shape index (κ3) is 4.28. The molecule has 28 heavy (non-hydrogen) atoms. The van der Waals surface area contributed by atoms with Gasteiger partial charge in [-0.1, -0.05) is 12.8 Å². The van der Waals surface area contributed by atoms with E-state index in [-0.39, 0.29) is 46.2 Å². The Morgan fingerprint density at radius 3 is 1.50 bits per heavy atom. The summed E-state index contributed by atoms with van der Waals surface area (Å²) in [5.41, 5.74) is -0.109. The van der Waals surface area contributed by atoms with Crippen LogP contribution in [0, 0.1) is 0 Å². The quantitative estimate of drug-likeness (QED) is 0.444. The van der Waals surface area contributed by atoms with Crippen LogP contribution in [0.2, 0.25) is 0 Å². The number of nitrogens with one attached hydrogen (secondary N) is 2. The van der Waals surface area contributed by atoms with Gasteiger partial charge in [0.15, 0.2) is 0 Å². The van der Waals surface area contributed by atoms with Crippen molar-refractivity contribution in [3.8, 4) is 23.0 Å². The van der Waals surface area contributed by atoms with E-state index in [4.69, 9.17) is 0 Å². The van der Waals surface area contributed by atoms with Gasteiger partial charge in [-0.25, -0.2) is 0 Å². The van der Waals surface area contributed by atoms with Crippen LogP contribution in [-0.4, -0.2) is 44.3 Å². The van der Waals surface area contributed by atoms with Gasteiger partial charge in [0.1, 0.15) is 23.0 Å². The van der Waals surface area contributed by atoms with E-state index in [9.17, 15) is 30.0 Å². The van der Waals surface area contributed by atoms with Crippen molar-refractivity contribution >= 4 is 11.8 Å². The molecule has 0 unspecified atom stereocenters. The molecular formula is C20H22N2O6. The monoisotopic (exact) mass is 386 g/mol. The Kier molecular flexibility index (Phi) is 5.58. The van der Waals surface area contributed by atoms with Crippen molar-refractivity contribution in [2.24, 2.45) is 0 Å². The SMILES string of the molecule is O=C(N[C@H]1CCCC[C@@H]1NC(=O)c1cc(O)ccc1O)c1cc(O)ccc1O. The number of hydrogen-bond acceptors (Lipinski definition) is 6. The van der Waals surface area contributed by atoms with E-state index in [0.29, 0.717) is 12.8 Å². The molecular weight excluding hydrogens is 364 g/mol. The van der Waals surface area contributed by atoms with Crippen LogP contribution in [0.15, 0.2) is 36.4 Å². The standard InChI is InChI=1S/C20H22N2O6/c23-11-5-7-17(25)13(9-11)19(27)21-15-3-1-2-4-16(15)22-20(28)14-10-12(24)6-8-18(14)26/h5-10,15-16,23-26H,1-4H2,(H,21,27)(H,22,28)/t15-,16-/m0/s1. The van der Waals surface area contributed by atoms with E-state index in [1.807, 2.05) is 0 Å². The molecule has 148 valence electrons. The Morgan fingerprint density at radius 2 is 1.11 bits per heavy atom. The van der Waals surface area contributed by atoms with Crippen molar-refractivity contribution in [2.45, 2.75) is 37.8 Å². The van der Waals surface area contributed by atoms with E-state index >= 15 is 0 Å². The topological polar surface area (TPSA) is 139 Å². The van der Waals surface area contributed by atoms with Gasteiger partial charge in [0.05, 0.1) is 11.1 Å². The maximum absolute atomic E-state index is 12.5. The summed E-state index contributed by atoms with van der Waals surface area (Å²) in [5, 5.41) is 44.4. The lowest BCUT2D eigenvalue weighted by Gasteiger charge is -2.33. The minimum atomic E-state index is -0.556. The van der Waals surface area contributed by atoms with Crippen molar-refractivity contribution < 1.29 is 30.0 Å². The third-order valence-electron chi connectivity index (χ3n) is 4.85. The predicted molar refractivity (Wildman–Crippen MR) is 101 cm³/mol. The molecule has 8 nitrogen and oxygen atoms in total. The first-order valence-electron chi connectivity index (χ1n) is 9.01. The Morgan fingerprint density at radius 1 is 0.714 bits per heavy atom. The fourth-order valence-corrected chi connectivity index (χ4v) is 3.38. The molecule has 2 aromatic carbocycles.